The summed E-state index contributed by atoms with van der Waals surface area (Å²) in [5.74, 6) is -0.709. The van der Waals surface area contributed by atoms with Gasteiger partial charge in [-0.05, 0) is 18.4 Å². The predicted octanol–water partition coefficient (Wildman–Crippen LogP) is 1.78. The van der Waals surface area contributed by atoms with Crippen molar-refractivity contribution in [3.05, 3.63) is 62.9 Å². The van der Waals surface area contributed by atoms with Crippen molar-refractivity contribution in [1.82, 2.24) is 19.1 Å². The monoisotopic (exact) mass is 485 g/mol. The number of aromatic nitrogens is 4. The van der Waals surface area contributed by atoms with Gasteiger partial charge in [-0.1, -0.05) is 42.1 Å². The van der Waals surface area contributed by atoms with E-state index in [0.717, 1.165) is 35.3 Å². The topological polar surface area (TPSA) is 134 Å². The molecule has 3 heterocycles. The van der Waals surface area contributed by atoms with Gasteiger partial charge in [0.05, 0.1) is 43.4 Å². The Labute approximate surface area is 200 Å². The van der Waals surface area contributed by atoms with Crippen LogP contribution in [0, 0.1) is 0 Å². The molecule has 1 saturated heterocycles. The van der Waals surface area contributed by atoms with Crippen LogP contribution in [0.25, 0.3) is 11.3 Å². The van der Waals surface area contributed by atoms with E-state index in [1.807, 2.05) is 30.3 Å². The molecule has 3 N–H and O–H groups in total. The van der Waals surface area contributed by atoms with E-state index >= 15 is 0 Å². The number of carbonyl (C=O) groups excluding carboxylic acids is 1. The van der Waals surface area contributed by atoms with Crippen LogP contribution in [0.4, 0.5) is 5.82 Å². The lowest BCUT2D eigenvalue weighted by atomic mass is 10.1. The SMILES string of the molecule is COCCn1c(N)c(C(=O)CSc2ncc(-c3ccccc3)n2CC2CCCO2)c(=O)[nH]c1=O. The molecule has 0 radical (unpaired) electrons. The number of imidazole rings is 1. The summed E-state index contributed by atoms with van der Waals surface area (Å²) in [6, 6.07) is 9.89. The van der Waals surface area contributed by atoms with Crippen LogP contribution in [0.5, 0.6) is 0 Å². The van der Waals surface area contributed by atoms with E-state index in [2.05, 4.69) is 14.5 Å². The third-order valence-corrected chi connectivity index (χ3v) is 6.66. The summed E-state index contributed by atoms with van der Waals surface area (Å²) in [5.41, 5.74) is 6.27. The molecule has 1 unspecified atom stereocenters. The number of methoxy groups -OCH3 is 1. The molecule has 1 fully saturated rings. The number of benzene rings is 1. The summed E-state index contributed by atoms with van der Waals surface area (Å²) in [5, 5.41) is 0.644. The molecule has 1 atom stereocenters. The van der Waals surface area contributed by atoms with Crippen LogP contribution in [-0.4, -0.2) is 57.1 Å². The Morgan fingerprint density at radius 1 is 1.29 bits per heavy atom. The molecular formula is C23H27N5O5S. The number of nitrogens with two attached hydrogens (primary N) is 1. The van der Waals surface area contributed by atoms with E-state index in [0.29, 0.717) is 11.7 Å². The first-order chi connectivity index (χ1) is 16.5. The third kappa shape index (κ3) is 5.16. The van der Waals surface area contributed by atoms with Crippen LogP contribution in [0.3, 0.4) is 0 Å². The minimum Gasteiger partial charge on any atom is -0.384 e. The van der Waals surface area contributed by atoms with Gasteiger partial charge >= 0.3 is 5.69 Å². The molecule has 1 aliphatic rings. The maximum absolute atomic E-state index is 13.0. The highest BCUT2D eigenvalue weighted by Gasteiger charge is 2.23. The average Bonchev–Trinajstić information content (AvgIpc) is 3.48. The first kappa shape index (κ1) is 24.0. The van der Waals surface area contributed by atoms with Crippen LogP contribution in [0.2, 0.25) is 0 Å². The van der Waals surface area contributed by atoms with Crippen molar-refractivity contribution < 1.29 is 14.3 Å². The molecule has 4 rings (SSSR count). The number of hydrogen-bond donors (Lipinski definition) is 2. The second-order valence-corrected chi connectivity index (χ2v) is 8.86. The molecule has 1 aromatic carbocycles. The highest BCUT2D eigenvalue weighted by Crippen LogP contribution is 2.28. The summed E-state index contributed by atoms with van der Waals surface area (Å²) in [6.07, 6.45) is 3.84. The number of ketones is 1. The van der Waals surface area contributed by atoms with Gasteiger partial charge in [0.1, 0.15) is 11.4 Å². The fourth-order valence-electron chi connectivity index (χ4n) is 3.95. The van der Waals surface area contributed by atoms with Crippen molar-refractivity contribution in [2.24, 2.45) is 0 Å². The molecule has 1 aliphatic heterocycles. The van der Waals surface area contributed by atoms with Crippen LogP contribution in [0.15, 0.2) is 51.3 Å². The van der Waals surface area contributed by atoms with E-state index in [1.54, 1.807) is 6.20 Å². The number of H-pyrrole nitrogens is 1. The lowest BCUT2D eigenvalue weighted by molar-refractivity contribution is 0.0954. The summed E-state index contributed by atoms with van der Waals surface area (Å²) in [7, 11) is 1.48. The average molecular weight is 486 g/mol. The molecule has 0 bridgehead atoms. The predicted molar refractivity (Wildman–Crippen MR) is 129 cm³/mol. The Morgan fingerprint density at radius 2 is 2.09 bits per heavy atom. The summed E-state index contributed by atoms with van der Waals surface area (Å²) < 4.78 is 14.0. The van der Waals surface area contributed by atoms with Gasteiger partial charge < -0.3 is 19.8 Å². The molecule has 0 saturated carbocycles. The van der Waals surface area contributed by atoms with Crippen molar-refractivity contribution in [1.29, 1.82) is 0 Å². The summed E-state index contributed by atoms with van der Waals surface area (Å²) >= 11 is 1.22. The van der Waals surface area contributed by atoms with Gasteiger partial charge in [0.25, 0.3) is 5.56 Å². The Kier molecular flexibility index (Phi) is 7.66. The van der Waals surface area contributed by atoms with Gasteiger partial charge in [-0.15, -0.1) is 0 Å². The van der Waals surface area contributed by atoms with Gasteiger partial charge in [-0.2, -0.15) is 0 Å². The number of nitrogens with one attached hydrogen (secondary N) is 1. The van der Waals surface area contributed by atoms with Gasteiger partial charge in [0.2, 0.25) is 0 Å². The second-order valence-electron chi connectivity index (χ2n) is 7.91. The molecule has 11 heteroatoms. The summed E-state index contributed by atoms with van der Waals surface area (Å²) in [4.78, 5) is 44.2. The molecular weight excluding hydrogens is 458 g/mol. The van der Waals surface area contributed by atoms with Crippen molar-refractivity contribution >= 4 is 23.4 Å². The number of carbonyl (C=O) groups is 1. The van der Waals surface area contributed by atoms with Crippen molar-refractivity contribution in [2.45, 2.75) is 37.2 Å². The molecule has 180 valence electrons. The summed E-state index contributed by atoms with van der Waals surface area (Å²) in [6.45, 7) is 1.69. The number of thioether (sulfide) groups is 1. The van der Waals surface area contributed by atoms with Gasteiger partial charge in [-0.3, -0.25) is 19.1 Å². The Hall–Kier alpha value is -3.15. The smallest absolute Gasteiger partial charge is 0.330 e. The third-order valence-electron chi connectivity index (χ3n) is 5.67. The first-order valence-electron chi connectivity index (χ1n) is 11.0. The van der Waals surface area contributed by atoms with Gasteiger partial charge in [0, 0.05) is 13.7 Å². The minimum atomic E-state index is -0.797. The Morgan fingerprint density at radius 3 is 2.79 bits per heavy atom. The fourth-order valence-corrected chi connectivity index (χ4v) is 4.81. The van der Waals surface area contributed by atoms with Crippen molar-refractivity contribution in [3.63, 3.8) is 0 Å². The van der Waals surface area contributed by atoms with E-state index in [9.17, 15) is 14.4 Å². The molecule has 34 heavy (non-hydrogen) atoms. The largest absolute Gasteiger partial charge is 0.384 e. The maximum Gasteiger partial charge on any atom is 0.330 e. The quantitative estimate of drug-likeness (QED) is 0.328. The highest BCUT2D eigenvalue weighted by atomic mass is 32.2. The van der Waals surface area contributed by atoms with Crippen LogP contribution < -0.4 is 17.0 Å². The molecule has 10 nitrogen and oxygen atoms in total. The number of Topliss-reactive ketones (excluding diaryl/α,β-unsaturated/α-hetero) is 1. The van der Waals surface area contributed by atoms with Crippen LogP contribution in [0.1, 0.15) is 23.2 Å². The van der Waals surface area contributed by atoms with Gasteiger partial charge in [-0.25, -0.2) is 9.78 Å². The fraction of sp³-hybridized carbons (Fsp3) is 0.391. The highest BCUT2D eigenvalue weighted by molar-refractivity contribution is 7.99. The Bertz CT molecular complexity index is 1260. The second kappa shape index (κ2) is 10.9. The number of ether oxygens (including phenoxy) is 2. The lowest BCUT2D eigenvalue weighted by Crippen LogP contribution is -2.37. The lowest BCUT2D eigenvalue weighted by Gasteiger charge is -2.16. The molecule has 2 aromatic heterocycles. The van der Waals surface area contributed by atoms with E-state index in [-0.39, 0.29) is 36.4 Å². The first-order valence-corrected chi connectivity index (χ1v) is 12.0. The zero-order valence-corrected chi connectivity index (χ0v) is 19.7. The number of aromatic amines is 1. The molecule has 0 amide bonds. The number of nitrogen functional groups attached to an aromatic ring is 1. The number of hydrogen-bond acceptors (Lipinski definition) is 8. The van der Waals surface area contributed by atoms with Crippen LogP contribution in [-0.2, 0) is 22.6 Å². The Balaban J connectivity index is 1.59. The zero-order valence-electron chi connectivity index (χ0n) is 18.9. The molecule has 3 aromatic rings. The van der Waals surface area contributed by atoms with E-state index < -0.39 is 17.0 Å². The van der Waals surface area contributed by atoms with Crippen molar-refractivity contribution in [3.8, 4) is 11.3 Å². The normalized spacial score (nSPS) is 15.6. The molecule has 0 aliphatic carbocycles. The van der Waals surface area contributed by atoms with Crippen LogP contribution >= 0.6 is 11.8 Å². The van der Waals surface area contributed by atoms with Crippen molar-refractivity contribution in [2.75, 3.05) is 31.8 Å². The van der Waals surface area contributed by atoms with Gasteiger partial charge in [0.15, 0.2) is 10.9 Å². The standard InChI is InChI=1S/C23H27N5O5S/c1-32-11-9-27-20(24)19(21(30)26-22(27)31)18(29)14-34-23-25-12-17(15-6-3-2-4-7-15)28(23)13-16-8-5-10-33-16/h2-4,6-7,12,16H,5,8-11,13-14,24H2,1H3,(H,26,30,31). The van der Waals surface area contributed by atoms with E-state index in [1.165, 1.54) is 18.9 Å². The number of anilines is 1. The zero-order chi connectivity index (χ0) is 24.1. The number of nitrogens with zero attached hydrogens (tertiary/aromatic N) is 3. The molecule has 0 spiro atoms. The maximum atomic E-state index is 13.0. The number of rotatable bonds is 10. The minimum absolute atomic E-state index is 0.0630. The van der Waals surface area contributed by atoms with E-state index in [4.69, 9.17) is 15.2 Å².